The average molecular weight is 359 g/mol. The van der Waals surface area contributed by atoms with Crippen LogP contribution in [-0.4, -0.2) is 36.5 Å². The fourth-order valence-corrected chi connectivity index (χ4v) is 4.61. The van der Waals surface area contributed by atoms with E-state index in [1.54, 1.807) is 7.11 Å². The minimum Gasteiger partial charge on any atom is -0.497 e. The first kappa shape index (κ1) is 19.2. The fourth-order valence-electron chi connectivity index (χ4n) is 4.61. The topological polar surface area (TPSA) is 41.6 Å². The summed E-state index contributed by atoms with van der Waals surface area (Å²) in [6.07, 6.45) is 12.5. The molecule has 2 aliphatic carbocycles. The number of methoxy groups -OCH3 is 1. The summed E-state index contributed by atoms with van der Waals surface area (Å²) >= 11 is 0. The first-order valence-electron chi connectivity index (χ1n) is 10.4. The van der Waals surface area contributed by atoms with Gasteiger partial charge < -0.3 is 15.0 Å². The number of rotatable bonds is 7. The molecule has 0 atom stereocenters. The smallest absolute Gasteiger partial charge is 0.237 e. The minimum atomic E-state index is 0.298. The largest absolute Gasteiger partial charge is 0.497 e. The molecule has 1 amide bonds. The maximum atomic E-state index is 13.1. The molecule has 0 saturated heterocycles. The molecule has 144 valence electrons. The van der Waals surface area contributed by atoms with Gasteiger partial charge >= 0.3 is 0 Å². The van der Waals surface area contributed by atoms with Crippen LogP contribution in [0.4, 0.5) is 0 Å². The number of benzene rings is 1. The number of nitrogens with one attached hydrogen (secondary N) is 1. The lowest BCUT2D eigenvalue weighted by Crippen LogP contribution is -2.51. The van der Waals surface area contributed by atoms with Crippen molar-refractivity contribution in [2.45, 2.75) is 82.8 Å². The summed E-state index contributed by atoms with van der Waals surface area (Å²) in [4.78, 5) is 15.4. The Morgan fingerprint density at radius 3 is 2.23 bits per heavy atom. The Morgan fingerprint density at radius 1 is 1.04 bits per heavy atom. The number of amides is 1. The minimum absolute atomic E-state index is 0.298. The summed E-state index contributed by atoms with van der Waals surface area (Å²) in [5, 5.41) is 3.36. The van der Waals surface area contributed by atoms with E-state index in [1.165, 1.54) is 64.2 Å². The molecule has 2 aliphatic rings. The number of hydrogen-bond acceptors (Lipinski definition) is 3. The first-order chi connectivity index (χ1) is 12.8. The maximum Gasteiger partial charge on any atom is 0.237 e. The van der Waals surface area contributed by atoms with Gasteiger partial charge in [-0.25, -0.2) is 0 Å². The fraction of sp³-hybridized carbons (Fsp3) is 0.682. The van der Waals surface area contributed by atoms with Crippen molar-refractivity contribution in [3.63, 3.8) is 0 Å². The number of hydrogen-bond donors (Lipinski definition) is 1. The highest BCUT2D eigenvalue weighted by atomic mass is 16.5. The van der Waals surface area contributed by atoms with Gasteiger partial charge in [-0.15, -0.1) is 0 Å². The monoisotopic (exact) mass is 358 g/mol. The van der Waals surface area contributed by atoms with E-state index < -0.39 is 0 Å². The van der Waals surface area contributed by atoms with Crippen LogP contribution in [0.5, 0.6) is 5.75 Å². The second-order valence-electron chi connectivity index (χ2n) is 7.84. The molecule has 0 bridgehead atoms. The predicted molar refractivity (Wildman–Crippen MR) is 105 cm³/mol. The Balaban J connectivity index is 1.57. The van der Waals surface area contributed by atoms with Crippen LogP contribution < -0.4 is 10.1 Å². The van der Waals surface area contributed by atoms with Crippen LogP contribution in [0.1, 0.15) is 69.8 Å². The molecule has 2 saturated carbocycles. The van der Waals surface area contributed by atoms with Crippen LogP contribution >= 0.6 is 0 Å². The number of carbonyl (C=O) groups is 1. The third-order valence-electron chi connectivity index (χ3n) is 5.96. The van der Waals surface area contributed by atoms with Gasteiger partial charge in [0.05, 0.1) is 13.7 Å². The molecule has 3 rings (SSSR count). The highest BCUT2D eigenvalue weighted by Gasteiger charge is 2.31. The van der Waals surface area contributed by atoms with Gasteiger partial charge in [0.1, 0.15) is 5.75 Å². The second kappa shape index (κ2) is 9.96. The lowest BCUT2D eigenvalue weighted by molar-refractivity contribution is -0.137. The summed E-state index contributed by atoms with van der Waals surface area (Å²) in [5.41, 5.74) is 1.15. The zero-order valence-electron chi connectivity index (χ0n) is 16.2. The Hall–Kier alpha value is -1.55. The van der Waals surface area contributed by atoms with Gasteiger partial charge in [-0.05, 0) is 43.4 Å². The molecule has 4 heteroatoms. The SMILES string of the molecule is COc1cccc(CNCC(=O)N(C2CCCCC2)C2CCCCC2)c1. The van der Waals surface area contributed by atoms with Crippen molar-refractivity contribution < 1.29 is 9.53 Å². The summed E-state index contributed by atoms with van der Waals surface area (Å²) in [5.74, 6) is 1.16. The molecule has 1 aromatic rings. The molecule has 1 aromatic carbocycles. The van der Waals surface area contributed by atoms with E-state index in [1.807, 2.05) is 18.2 Å². The van der Waals surface area contributed by atoms with Crippen molar-refractivity contribution >= 4 is 5.91 Å². The van der Waals surface area contributed by atoms with Crippen LogP contribution in [-0.2, 0) is 11.3 Å². The van der Waals surface area contributed by atoms with Gasteiger partial charge in [-0.3, -0.25) is 4.79 Å². The van der Waals surface area contributed by atoms with Gasteiger partial charge in [-0.1, -0.05) is 50.7 Å². The lowest BCUT2D eigenvalue weighted by atomic mass is 9.88. The van der Waals surface area contributed by atoms with E-state index in [0.717, 1.165) is 11.3 Å². The van der Waals surface area contributed by atoms with E-state index in [9.17, 15) is 4.79 Å². The number of ether oxygens (including phenoxy) is 1. The van der Waals surface area contributed by atoms with Crippen molar-refractivity contribution in [3.8, 4) is 5.75 Å². The molecule has 0 unspecified atom stereocenters. The molecular formula is C22H34N2O2. The molecule has 1 N–H and O–H groups in total. The Bertz CT molecular complexity index is 545. The summed E-state index contributed by atoms with van der Waals surface area (Å²) in [7, 11) is 1.68. The normalized spacial score (nSPS) is 19.3. The number of nitrogens with zero attached hydrogens (tertiary/aromatic N) is 1. The summed E-state index contributed by atoms with van der Waals surface area (Å²) in [6, 6.07) is 8.98. The lowest BCUT2D eigenvalue weighted by Gasteiger charge is -2.42. The highest BCUT2D eigenvalue weighted by molar-refractivity contribution is 5.79. The van der Waals surface area contributed by atoms with E-state index >= 15 is 0 Å². The zero-order chi connectivity index (χ0) is 18.2. The van der Waals surface area contributed by atoms with Crippen molar-refractivity contribution in [1.29, 1.82) is 0 Å². The molecule has 26 heavy (non-hydrogen) atoms. The molecular weight excluding hydrogens is 324 g/mol. The summed E-state index contributed by atoms with van der Waals surface area (Å²) in [6.45, 7) is 1.14. The van der Waals surface area contributed by atoms with Crippen molar-refractivity contribution in [2.24, 2.45) is 0 Å². The van der Waals surface area contributed by atoms with Crippen LogP contribution in [0.3, 0.4) is 0 Å². The quantitative estimate of drug-likeness (QED) is 0.791. The molecule has 0 aromatic heterocycles. The van der Waals surface area contributed by atoms with E-state index in [2.05, 4.69) is 16.3 Å². The first-order valence-corrected chi connectivity index (χ1v) is 10.4. The van der Waals surface area contributed by atoms with E-state index in [4.69, 9.17) is 4.74 Å². The van der Waals surface area contributed by atoms with Crippen LogP contribution in [0.2, 0.25) is 0 Å². The summed E-state index contributed by atoms with van der Waals surface area (Å²) < 4.78 is 5.28. The molecule has 0 heterocycles. The third-order valence-corrected chi connectivity index (χ3v) is 5.96. The molecule has 0 aliphatic heterocycles. The average Bonchev–Trinajstić information content (AvgIpc) is 2.70. The van der Waals surface area contributed by atoms with Gasteiger partial charge in [0.15, 0.2) is 0 Å². The van der Waals surface area contributed by atoms with Crippen LogP contribution in [0.25, 0.3) is 0 Å². The second-order valence-corrected chi connectivity index (χ2v) is 7.84. The standard InChI is InChI=1S/C22H34N2O2/c1-26-21-14-8-9-18(15-21)16-23-17-22(25)24(19-10-4-2-5-11-19)20-12-6-3-7-13-20/h8-9,14-15,19-20,23H,2-7,10-13,16-17H2,1H3. The Morgan fingerprint density at radius 2 is 1.65 bits per heavy atom. The zero-order valence-corrected chi connectivity index (χ0v) is 16.2. The van der Waals surface area contributed by atoms with Crippen molar-refractivity contribution in [1.82, 2.24) is 10.2 Å². The Kier molecular flexibility index (Phi) is 7.36. The molecule has 0 radical (unpaired) electrons. The van der Waals surface area contributed by atoms with Gasteiger partial charge in [0, 0.05) is 18.6 Å². The molecule has 0 spiro atoms. The van der Waals surface area contributed by atoms with Crippen LogP contribution in [0, 0.1) is 0 Å². The van der Waals surface area contributed by atoms with Crippen LogP contribution in [0.15, 0.2) is 24.3 Å². The highest BCUT2D eigenvalue weighted by Crippen LogP contribution is 2.30. The van der Waals surface area contributed by atoms with Crippen molar-refractivity contribution in [3.05, 3.63) is 29.8 Å². The van der Waals surface area contributed by atoms with E-state index in [0.29, 0.717) is 31.1 Å². The van der Waals surface area contributed by atoms with Gasteiger partial charge in [-0.2, -0.15) is 0 Å². The van der Waals surface area contributed by atoms with E-state index in [-0.39, 0.29) is 0 Å². The number of carbonyl (C=O) groups excluding carboxylic acids is 1. The predicted octanol–water partition coefficient (Wildman–Crippen LogP) is 4.28. The Labute approximate surface area is 158 Å². The third kappa shape index (κ3) is 5.23. The van der Waals surface area contributed by atoms with Crippen molar-refractivity contribution in [2.75, 3.05) is 13.7 Å². The van der Waals surface area contributed by atoms with Gasteiger partial charge in [0.25, 0.3) is 0 Å². The van der Waals surface area contributed by atoms with Gasteiger partial charge in [0.2, 0.25) is 5.91 Å². The maximum absolute atomic E-state index is 13.1. The molecule has 4 nitrogen and oxygen atoms in total. The molecule has 2 fully saturated rings.